The van der Waals surface area contributed by atoms with Crippen molar-refractivity contribution in [2.45, 2.75) is 20.3 Å². The number of nitrogens with zero attached hydrogens (tertiary/aromatic N) is 2. The van der Waals surface area contributed by atoms with E-state index in [4.69, 9.17) is 9.47 Å². The van der Waals surface area contributed by atoms with Crippen molar-refractivity contribution in [2.24, 2.45) is 4.99 Å². The number of hydrogen-bond acceptors (Lipinski definition) is 5. The second-order valence-corrected chi connectivity index (χ2v) is 5.82. The van der Waals surface area contributed by atoms with Crippen LogP contribution in [0.4, 0.5) is 0 Å². The topological polar surface area (TPSA) is 67.8 Å². The van der Waals surface area contributed by atoms with Gasteiger partial charge in [0.15, 0.2) is 5.96 Å². The molecule has 0 fully saturated rings. The van der Waals surface area contributed by atoms with E-state index in [1.807, 2.05) is 6.92 Å². The van der Waals surface area contributed by atoms with Crippen molar-refractivity contribution >= 4 is 41.3 Å². The van der Waals surface area contributed by atoms with E-state index < -0.39 is 0 Å². The lowest BCUT2D eigenvalue weighted by atomic mass is 10.4. The molecule has 0 spiro atoms. The number of rotatable bonds is 9. The second-order valence-electron chi connectivity index (χ2n) is 4.53. The molecule has 0 aromatic carbocycles. The van der Waals surface area contributed by atoms with E-state index >= 15 is 0 Å². The van der Waals surface area contributed by atoms with Crippen LogP contribution < -0.4 is 10.6 Å². The number of ether oxygens (including phenoxy) is 2. The molecule has 0 radical (unpaired) electrons. The maximum Gasteiger partial charge on any atom is 0.191 e. The van der Waals surface area contributed by atoms with Crippen LogP contribution in [-0.4, -0.2) is 58.0 Å². The average molecular weight is 442 g/mol. The number of methoxy groups -OCH3 is 1. The zero-order valence-corrected chi connectivity index (χ0v) is 16.9. The molecule has 0 saturated heterocycles. The summed E-state index contributed by atoms with van der Waals surface area (Å²) < 4.78 is 10.3. The minimum atomic E-state index is 0. The third-order valence-corrected chi connectivity index (χ3v) is 4.03. The SMILES string of the molecule is CN=C(NCCOCCOC)NCCc1nc(C)c(C)s1.I. The number of guanidine groups is 1. The Morgan fingerprint density at radius 1 is 1.18 bits per heavy atom. The predicted octanol–water partition coefficient (Wildman–Crippen LogP) is 1.75. The van der Waals surface area contributed by atoms with E-state index in [0.717, 1.165) is 36.2 Å². The van der Waals surface area contributed by atoms with Crippen molar-refractivity contribution < 1.29 is 9.47 Å². The molecule has 22 heavy (non-hydrogen) atoms. The van der Waals surface area contributed by atoms with Crippen LogP contribution in [0, 0.1) is 13.8 Å². The van der Waals surface area contributed by atoms with Crippen LogP contribution in [-0.2, 0) is 15.9 Å². The minimum absolute atomic E-state index is 0. The first-order valence-corrected chi connectivity index (χ1v) is 7.93. The summed E-state index contributed by atoms with van der Waals surface area (Å²) in [4.78, 5) is 9.99. The van der Waals surface area contributed by atoms with Gasteiger partial charge in [-0.25, -0.2) is 4.98 Å². The Hall–Kier alpha value is -0.450. The molecule has 0 aliphatic heterocycles. The lowest BCUT2D eigenvalue weighted by molar-refractivity contribution is 0.0733. The second kappa shape index (κ2) is 13.0. The maximum atomic E-state index is 5.38. The molecular weight excluding hydrogens is 415 g/mol. The Labute approximate surface area is 154 Å². The molecule has 0 aliphatic rings. The third-order valence-electron chi connectivity index (χ3n) is 2.90. The minimum Gasteiger partial charge on any atom is -0.382 e. The number of aromatic nitrogens is 1. The molecule has 128 valence electrons. The third kappa shape index (κ3) is 8.86. The van der Waals surface area contributed by atoms with E-state index in [0.29, 0.717) is 19.8 Å². The predicted molar refractivity (Wildman–Crippen MR) is 103 cm³/mol. The molecule has 0 aliphatic carbocycles. The van der Waals surface area contributed by atoms with E-state index in [-0.39, 0.29) is 24.0 Å². The lowest BCUT2D eigenvalue weighted by Gasteiger charge is -2.11. The summed E-state index contributed by atoms with van der Waals surface area (Å²) in [6.45, 7) is 7.57. The van der Waals surface area contributed by atoms with Gasteiger partial charge in [-0.15, -0.1) is 35.3 Å². The fraction of sp³-hybridized carbons (Fsp3) is 0.714. The van der Waals surface area contributed by atoms with Gasteiger partial charge in [0.25, 0.3) is 0 Å². The summed E-state index contributed by atoms with van der Waals surface area (Å²) in [5, 5.41) is 7.64. The summed E-state index contributed by atoms with van der Waals surface area (Å²) in [5.41, 5.74) is 1.13. The molecule has 0 saturated carbocycles. The molecule has 2 N–H and O–H groups in total. The lowest BCUT2D eigenvalue weighted by Crippen LogP contribution is -2.39. The van der Waals surface area contributed by atoms with E-state index in [9.17, 15) is 0 Å². The summed E-state index contributed by atoms with van der Waals surface area (Å²) >= 11 is 1.76. The fourth-order valence-corrected chi connectivity index (χ4v) is 2.57. The van der Waals surface area contributed by atoms with E-state index in [2.05, 4.69) is 27.5 Å². The van der Waals surface area contributed by atoms with Crippen LogP contribution in [0.15, 0.2) is 4.99 Å². The number of nitrogens with one attached hydrogen (secondary N) is 2. The monoisotopic (exact) mass is 442 g/mol. The standard InChI is InChI=1S/C14H26N4O2S.HI/c1-11-12(2)21-13(18-11)5-6-16-14(15-3)17-7-8-20-10-9-19-4;/h5-10H2,1-4H3,(H2,15,16,17);1H. The first-order valence-electron chi connectivity index (χ1n) is 7.11. The van der Waals surface area contributed by atoms with Crippen LogP contribution in [0.25, 0.3) is 0 Å². The largest absolute Gasteiger partial charge is 0.382 e. The van der Waals surface area contributed by atoms with Crippen LogP contribution in [0.1, 0.15) is 15.6 Å². The fourth-order valence-electron chi connectivity index (χ4n) is 1.64. The molecule has 1 heterocycles. The van der Waals surface area contributed by atoms with Crippen molar-refractivity contribution in [1.82, 2.24) is 15.6 Å². The summed E-state index contributed by atoms with van der Waals surface area (Å²) in [7, 11) is 3.43. The molecular formula is C14H27IN4O2S. The van der Waals surface area contributed by atoms with Crippen molar-refractivity contribution in [3.63, 3.8) is 0 Å². The molecule has 1 rings (SSSR count). The number of halogens is 1. The van der Waals surface area contributed by atoms with Gasteiger partial charge < -0.3 is 20.1 Å². The first-order chi connectivity index (χ1) is 10.2. The molecule has 0 amide bonds. The smallest absolute Gasteiger partial charge is 0.191 e. The molecule has 0 unspecified atom stereocenters. The van der Waals surface area contributed by atoms with Gasteiger partial charge in [-0.1, -0.05) is 0 Å². The van der Waals surface area contributed by atoms with Gasteiger partial charge in [-0.3, -0.25) is 4.99 Å². The van der Waals surface area contributed by atoms with Crippen molar-refractivity contribution in [2.75, 3.05) is 47.1 Å². The van der Waals surface area contributed by atoms with Crippen LogP contribution in [0.2, 0.25) is 0 Å². The quantitative estimate of drug-likeness (QED) is 0.264. The molecule has 8 heteroatoms. The highest BCUT2D eigenvalue weighted by Gasteiger charge is 2.03. The van der Waals surface area contributed by atoms with Crippen LogP contribution in [0.5, 0.6) is 0 Å². The highest BCUT2D eigenvalue weighted by atomic mass is 127. The summed E-state index contributed by atoms with van der Waals surface area (Å²) in [5.74, 6) is 0.787. The Morgan fingerprint density at radius 2 is 1.91 bits per heavy atom. The zero-order valence-electron chi connectivity index (χ0n) is 13.8. The highest BCUT2D eigenvalue weighted by molar-refractivity contribution is 14.0. The molecule has 1 aromatic rings. The number of aryl methyl sites for hydroxylation is 2. The maximum absolute atomic E-state index is 5.38. The Morgan fingerprint density at radius 3 is 2.50 bits per heavy atom. The number of hydrogen-bond donors (Lipinski definition) is 2. The van der Waals surface area contributed by atoms with Crippen molar-refractivity contribution in [1.29, 1.82) is 0 Å². The average Bonchev–Trinajstić information content (AvgIpc) is 2.79. The molecule has 0 atom stereocenters. The Bertz CT molecular complexity index is 421. The summed E-state index contributed by atoms with van der Waals surface area (Å²) in [6.07, 6.45) is 0.907. The van der Waals surface area contributed by atoms with Crippen LogP contribution >= 0.6 is 35.3 Å². The Kier molecular flexibility index (Phi) is 12.8. The number of aliphatic imine (C=N–C) groups is 1. The van der Waals surface area contributed by atoms with Gasteiger partial charge in [0, 0.05) is 38.5 Å². The molecule has 1 aromatic heterocycles. The normalized spacial score (nSPS) is 11.2. The first kappa shape index (κ1) is 21.6. The van der Waals surface area contributed by atoms with Gasteiger partial charge in [0.2, 0.25) is 0 Å². The highest BCUT2D eigenvalue weighted by Crippen LogP contribution is 2.16. The Balaban J connectivity index is 0.00000441. The molecule has 0 bridgehead atoms. The summed E-state index contributed by atoms with van der Waals surface area (Å²) in [6, 6.07) is 0. The molecule has 6 nitrogen and oxygen atoms in total. The zero-order chi connectivity index (χ0) is 15.5. The van der Waals surface area contributed by atoms with Crippen LogP contribution in [0.3, 0.4) is 0 Å². The van der Waals surface area contributed by atoms with Gasteiger partial charge in [0.05, 0.1) is 30.5 Å². The number of thiazole rings is 1. The van der Waals surface area contributed by atoms with Gasteiger partial charge >= 0.3 is 0 Å². The van der Waals surface area contributed by atoms with Crippen molar-refractivity contribution in [3.05, 3.63) is 15.6 Å². The van der Waals surface area contributed by atoms with E-state index in [1.54, 1.807) is 25.5 Å². The van der Waals surface area contributed by atoms with E-state index in [1.165, 1.54) is 4.88 Å². The van der Waals surface area contributed by atoms with Crippen molar-refractivity contribution in [3.8, 4) is 0 Å². The van der Waals surface area contributed by atoms with Gasteiger partial charge in [-0.2, -0.15) is 0 Å². The van der Waals surface area contributed by atoms with Gasteiger partial charge in [0.1, 0.15) is 0 Å². The van der Waals surface area contributed by atoms with Gasteiger partial charge in [-0.05, 0) is 13.8 Å².